The zero-order valence-corrected chi connectivity index (χ0v) is 16.9. The molecule has 1 aliphatic rings. The minimum atomic E-state index is -3.17. The zero-order chi connectivity index (χ0) is 21.0. The van der Waals surface area contributed by atoms with Crippen LogP contribution in [0.15, 0.2) is 42.5 Å². The van der Waals surface area contributed by atoms with E-state index in [1.54, 1.807) is 25.1 Å². The lowest BCUT2D eigenvalue weighted by molar-refractivity contribution is 0.102. The minimum Gasteiger partial charge on any atom is -0.322 e. The molecule has 0 aromatic heterocycles. The van der Waals surface area contributed by atoms with Crippen molar-refractivity contribution in [3.05, 3.63) is 65.2 Å². The number of carbonyl (C=O) groups excluding carboxylic acids is 1. The minimum absolute atomic E-state index is 0.0993. The first-order valence-electron chi connectivity index (χ1n) is 9.34. The number of amides is 1. The number of rotatable bonds is 6. The van der Waals surface area contributed by atoms with E-state index in [9.17, 15) is 22.0 Å². The first-order valence-corrected chi connectivity index (χ1v) is 10.9. The van der Waals surface area contributed by atoms with Crippen LogP contribution in [0.1, 0.15) is 22.8 Å². The van der Waals surface area contributed by atoms with Crippen LogP contribution in [0.2, 0.25) is 0 Å². The molecule has 29 heavy (non-hydrogen) atoms. The van der Waals surface area contributed by atoms with Crippen molar-refractivity contribution in [3.63, 3.8) is 0 Å². The standard InChI is InChI=1S/C20H23F2N3O3S/c1-2-29(27,28)25-10-8-24(9-11-25)14-15-4-3-5-16(12-15)20(26)23-17-6-7-18(21)19(22)13-17/h3-7,12-13H,2,8-11,14H2,1H3,(H,23,26). The van der Waals surface area contributed by atoms with Gasteiger partial charge in [0.05, 0.1) is 5.75 Å². The van der Waals surface area contributed by atoms with Crippen LogP contribution < -0.4 is 5.32 Å². The first kappa shape index (κ1) is 21.4. The summed E-state index contributed by atoms with van der Waals surface area (Å²) in [6.07, 6.45) is 0. The van der Waals surface area contributed by atoms with Crippen molar-refractivity contribution in [1.29, 1.82) is 0 Å². The fraction of sp³-hybridized carbons (Fsp3) is 0.350. The Morgan fingerprint density at radius 1 is 1.03 bits per heavy atom. The van der Waals surface area contributed by atoms with Crippen molar-refractivity contribution in [2.75, 3.05) is 37.2 Å². The van der Waals surface area contributed by atoms with Crippen molar-refractivity contribution in [2.24, 2.45) is 0 Å². The molecular weight excluding hydrogens is 400 g/mol. The van der Waals surface area contributed by atoms with Gasteiger partial charge < -0.3 is 5.32 Å². The van der Waals surface area contributed by atoms with Crippen LogP contribution in [-0.4, -0.2) is 55.5 Å². The smallest absolute Gasteiger partial charge is 0.255 e. The summed E-state index contributed by atoms with van der Waals surface area (Å²) in [7, 11) is -3.17. The number of nitrogens with one attached hydrogen (secondary N) is 1. The maximum atomic E-state index is 13.3. The van der Waals surface area contributed by atoms with Crippen LogP contribution in [-0.2, 0) is 16.6 Å². The van der Waals surface area contributed by atoms with E-state index in [1.165, 1.54) is 10.4 Å². The van der Waals surface area contributed by atoms with E-state index in [4.69, 9.17) is 0 Å². The van der Waals surface area contributed by atoms with Gasteiger partial charge in [0.2, 0.25) is 10.0 Å². The van der Waals surface area contributed by atoms with E-state index in [0.29, 0.717) is 38.3 Å². The highest BCUT2D eigenvalue weighted by atomic mass is 32.2. The van der Waals surface area contributed by atoms with Crippen molar-refractivity contribution in [1.82, 2.24) is 9.21 Å². The molecule has 0 spiro atoms. The summed E-state index contributed by atoms with van der Waals surface area (Å²) in [5.41, 5.74) is 1.49. The normalized spacial score (nSPS) is 16.0. The average molecular weight is 423 g/mol. The van der Waals surface area contributed by atoms with Crippen molar-refractivity contribution in [2.45, 2.75) is 13.5 Å². The molecule has 1 aliphatic heterocycles. The summed E-state index contributed by atoms with van der Waals surface area (Å²) in [5, 5.41) is 2.55. The third-order valence-electron chi connectivity index (χ3n) is 4.86. The highest BCUT2D eigenvalue weighted by Crippen LogP contribution is 2.16. The Hall–Kier alpha value is -2.36. The Bertz CT molecular complexity index is 990. The van der Waals surface area contributed by atoms with Gasteiger partial charge in [-0.15, -0.1) is 0 Å². The number of halogens is 2. The third-order valence-corrected chi connectivity index (χ3v) is 6.74. The van der Waals surface area contributed by atoms with Crippen molar-refractivity contribution >= 4 is 21.6 Å². The number of anilines is 1. The van der Waals surface area contributed by atoms with Gasteiger partial charge in [0.1, 0.15) is 0 Å². The van der Waals surface area contributed by atoms with Crippen LogP contribution in [0.5, 0.6) is 0 Å². The predicted octanol–water partition coefficient (Wildman–Crippen LogP) is 2.68. The van der Waals surface area contributed by atoms with Crippen LogP contribution in [0.4, 0.5) is 14.5 Å². The molecule has 3 rings (SSSR count). The summed E-state index contributed by atoms with van der Waals surface area (Å²) in [6, 6.07) is 10.2. The maximum Gasteiger partial charge on any atom is 0.255 e. The number of sulfonamides is 1. The molecule has 6 nitrogen and oxygen atoms in total. The van der Waals surface area contributed by atoms with Gasteiger partial charge in [-0.25, -0.2) is 17.2 Å². The van der Waals surface area contributed by atoms with Crippen molar-refractivity contribution in [3.8, 4) is 0 Å². The highest BCUT2D eigenvalue weighted by molar-refractivity contribution is 7.89. The molecule has 0 radical (unpaired) electrons. The molecule has 0 saturated carbocycles. The molecule has 0 atom stereocenters. The molecule has 9 heteroatoms. The van der Waals surface area contributed by atoms with Crippen LogP contribution >= 0.6 is 0 Å². The van der Waals surface area contributed by atoms with E-state index in [0.717, 1.165) is 17.7 Å². The summed E-state index contributed by atoms with van der Waals surface area (Å²) in [4.78, 5) is 14.6. The number of hydrogen-bond donors (Lipinski definition) is 1. The molecule has 2 aromatic rings. The van der Waals surface area contributed by atoms with E-state index >= 15 is 0 Å². The fourth-order valence-corrected chi connectivity index (χ4v) is 4.28. The second-order valence-electron chi connectivity index (χ2n) is 6.86. The summed E-state index contributed by atoms with van der Waals surface area (Å²) in [5.74, 6) is -2.32. The lowest BCUT2D eigenvalue weighted by Gasteiger charge is -2.33. The lowest BCUT2D eigenvalue weighted by Crippen LogP contribution is -2.48. The molecule has 0 unspecified atom stereocenters. The Morgan fingerprint density at radius 2 is 1.76 bits per heavy atom. The highest BCUT2D eigenvalue weighted by Gasteiger charge is 2.25. The zero-order valence-electron chi connectivity index (χ0n) is 16.1. The van der Waals surface area contributed by atoms with Gasteiger partial charge in [-0.1, -0.05) is 12.1 Å². The third kappa shape index (κ3) is 5.37. The van der Waals surface area contributed by atoms with Gasteiger partial charge in [-0.2, -0.15) is 4.31 Å². The molecular formula is C20H23F2N3O3S. The van der Waals surface area contributed by atoms with Gasteiger partial charge >= 0.3 is 0 Å². The second kappa shape index (κ2) is 8.98. The van der Waals surface area contributed by atoms with E-state index in [1.807, 2.05) is 6.07 Å². The summed E-state index contributed by atoms with van der Waals surface area (Å²) < 4.78 is 51.7. The molecule has 1 saturated heterocycles. The largest absolute Gasteiger partial charge is 0.322 e. The molecule has 0 bridgehead atoms. The predicted molar refractivity (Wildman–Crippen MR) is 107 cm³/mol. The maximum absolute atomic E-state index is 13.3. The number of nitrogens with zero attached hydrogens (tertiary/aromatic N) is 2. The van der Waals surface area contributed by atoms with Gasteiger partial charge in [0, 0.05) is 50.0 Å². The van der Waals surface area contributed by atoms with E-state index in [2.05, 4.69) is 10.2 Å². The van der Waals surface area contributed by atoms with Crippen LogP contribution in [0.25, 0.3) is 0 Å². The van der Waals surface area contributed by atoms with E-state index < -0.39 is 27.6 Å². The fourth-order valence-electron chi connectivity index (χ4n) is 3.19. The SMILES string of the molecule is CCS(=O)(=O)N1CCN(Cc2cccc(C(=O)Nc3ccc(F)c(F)c3)c2)CC1. The topological polar surface area (TPSA) is 69.7 Å². The molecule has 1 heterocycles. The summed E-state index contributed by atoms with van der Waals surface area (Å²) in [6.45, 7) is 4.36. The van der Waals surface area contributed by atoms with Crippen LogP contribution in [0, 0.1) is 11.6 Å². The number of piperazine rings is 1. The van der Waals surface area contributed by atoms with Gasteiger partial charge in [0.25, 0.3) is 5.91 Å². The van der Waals surface area contributed by atoms with Gasteiger partial charge in [0.15, 0.2) is 11.6 Å². The Morgan fingerprint density at radius 3 is 2.41 bits per heavy atom. The Labute approximate surface area is 169 Å². The van der Waals surface area contributed by atoms with Gasteiger partial charge in [-0.3, -0.25) is 9.69 Å². The molecule has 1 N–H and O–H groups in total. The number of benzene rings is 2. The van der Waals surface area contributed by atoms with Crippen molar-refractivity contribution < 1.29 is 22.0 Å². The molecule has 1 amide bonds. The second-order valence-corrected chi connectivity index (χ2v) is 9.12. The van der Waals surface area contributed by atoms with E-state index in [-0.39, 0.29) is 11.4 Å². The molecule has 156 valence electrons. The quantitative estimate of drug-likeness (QED) is 0.776. The van der Waals surface area contributed by atoms with Gasteiger partial charge in [-0.05, 0) is 36.8 Å². The molecule has 0 aliphatic carbocycles. The molecule has 2 aromatic carbocycles. The summed E-state index contributed by atoms with van der Waals surface area (Å²) >= 11 is 0. The first-order chi connectivity index (χ1) is 13.8. The number of hydrogen-bond acceptors (Lipinski definition) is 4. The lowest BCUT2D eigenvalue weighted by atomic mass is 10.1. The Balaban J connectivity index is 1.61. The molecule has 1 fully saturated rings. The number of carbonyl (C=O) groups is 1. The van der Waals surface area contributed by atoms with Crippen LogP contribution in [0.3, 0.4) is 0 Å². The monoisotopic (exact) mass is 423 g/mol. The Kier molecular flexibility index (Phi) is 6.61. The average Bonchev–Trinajstić information content (AvgIpc) is 2.71.